The Morgan fingerprint density at radius 2 is 1.84 bits per heavy atom. The van der Waals surface area contributed by atoms with Gasteiger partial charge in [0.15, 0.2) is 0 Å². The average Bonchev–Trinajstić information content (AvgIpc) is 3.30. The van der Waals surface area contributed by atoms with Crippen LogP contribution >= 0.6 is 23.3 Å². The van der Waals surface area contributed by atoms with Crippen LogP contribution in [0.1, 0.15) is 5.56 Å². The first-order valence-electron chi connectivity index (χ1n) is 9.43. The van der Waals surface area contributed by atoms with Crippen molar-refractivity contribution in [3.63, 3.8) is 0 Å². The summed E-state index contributed by atoms with van der Waals surface area (Å²) in [6.07, 6.45) is 1.51. The number of rotatable bonds is 7. The van der Waals surface area contributed by atoms with Crippen molar-refractivity contribution < 1.29 is 9.84 Å². The summed E-state index contributed by atoms with van der Waals surface area (Å²) in [5.74, 6) is 0.926. The van der Waals surface area contributed by atoms with Gasteiger partial charge in [-0.25, -0.2) is 19.1 Å². The van der Waals surface area contributed by atoms with Crippen LogP contribution in [-0.4, -0.2) is 34.6 Å². The maximum Gasteiger partial charge on any atom is 0.335 e. The van der Waals surface area contributed by atoms with Crippen LogP contribution in [0.2, 0.25) is 5.02 Å². The lowest BCUT2D eigenvalue weighted by Gasteiger charge is -2.10. The third kappa shape index (κ3) is 5.02. The summed E-state index contributed by atoms with van der Waals surface area (Å²) in [6.45, 7) is -0.335. The van der Waals surface area contributed by atoms with E-state index in [1.54, 1.807) is 48.5 Å². The number of benzene rings is 2. The summed E-state index contributed by atoms with van der Waals surface area (Å²) in [6, 6.07) is 13.7. The van der Waals surface area contributed by atoms with E-state index in [1.807, 2.05) is 0 Å². The largest absolute Gasteiger partial charge is 0.437 e. The number of halogens is 1. The molecule has 0 aliphatic carbocycles. The summed E-state index contributed by atoms with van der Waals surface area (Å²) in [5.41, 5.74) is 0.102. The molecule has 0 unspecified atom stereocenters. The topological polar surface area (TPSA) is 127 Å². The lowest BCUT2D eigenvalue weighted by molar-refractivity contribution is 0.268. The van der Waals surface area contributed by atoms with Crippen molar-refractivity contribution in [2.24, 2.45) is 4.99 Å². The monoisotopic (exact) mass is 472 g/mol. The van der Waals surface area contributed by atoms with Gasteiger partial charge in [0, 0.05) is 5.02 Å². The molecule has 0 aliphatic rings. The van der Waals surface area contributed by atoms with Gasteiger partial charge in [-0.1, -0.05) is 23.7 Å². The van der Waals surface area contributed by atoms with Gasteiger partial charge in [-0.05, 0) is 42.0 Å². The number of nitrogens with one attached hydrogen (secondary N) is 1. The van der Waals surface area contributed by atoms with Crippen LogP contribution in [0, 0.1) is 0 Å². The fourth-order valence-electron chi connectivity index (χ4n) is 2.89. The highest BCUT2D eigenvalue weighted by molar-refractivity contribution is 6.99. The molecule has 0 atom stereocenters. The third-order valence-corrected chi connectivity index (χ3v) is 5.11. The smallest absolute Gasteiger partial charge is 0.335 e. The Balaban J connectivity index is 1.74. The van der Waals surface area contributed by atoms with Crippen LogP contribution in [0.15, 0.2) is 69.3 Å². The molecule has 0 aliphatic heterocycles. The summed E-state index contributed by atoms with van der Waals surface area (Å²) >= 11 is 6.98. The van der Waals surface area contributed by atoms with Gasteiger partial charge < -0.3 is 9.84 Å². The second-order valence-electron chi connectivity index (χ2n) is 6.58. The molecule has 0 saturated carbocycles. The zero-order valence-electron chi connectivity index (χ0n) is 16.5. The fraction of sp³-hybridized carbons (Fsp3) is 0.150. The van der Waals surface area contributed by atoms with Gasteiger partial charge in [-0.3, -0.25) is 9.55 Å². The molecule has 32 heavy (non-hydrogen) atoms. The van der Waals surface area contributed by atoms with Gasteiger partial charge in [-0.2, -0.15) is 4.37 Å². The number of aliphatic hydroxyl groups excluding tert-OH is 1. The quantitative estimate of drug-likeness (QED) is 0.423. The van der Waals surface area contributed by atoms with Crippen LogP contribution in [0.3, 0.4) is 0 Å². The van der Waals surface area contributed by atoms with Crippen molar-refractivity contribution in [2.75, 3.05) is 6.61 Å². The van der Waals surface area contributed by atoms with Gasteiger partial charge in [0.25, 0.3) is 5.88 Å². The summed E-state index contributed by atoms with van der Waals surface area (Å²) in [5, 5.41) is 9.79. The highest BCUT2D eigenvalue weighted by atomic mass is 35.5. The van der Waals surface area contributed by atoms with Gasteiger partial charge in [-0.15, -0.1) is 4.37 Å². The molecule has 0 fully saturated rings. The molecular weight excluding hydrogens is 456 g/mol. The van der Waals surface area contributed by atoms with E-state index in [0.717, 1.165) is 21.9 Å². The first-order valence-corrected chi connectivity index (χ1v) is 10.5. The van der Waals surface area contributed by atoms with E-state index in [-0.39, 0.29) is 25.3 Å². The zero-order valence-corrected chi connectivity index (χ0v) is 18.1. The summed E-state index contributed by atoms with van der Waals surface area (Å²) in [7, 11) is 0. The van der Waals surface area contributed by atoms with Crippen LogP contribution < -0.4 is 21.7 Å². The number of ether oxygens (including phenoxy) is 1. The van der Waals surface area contributed by atoms with Crippen molar-refractivity contribution in [3.05, 3.63) is 91.9 Å². The number of hydrogen-bond donors (Lipinski definition) is 2. The van der Waals surface area contributed by atoms with E-state index >= 15 is 0 Å². The van der Waals surface area contributed by atoms with Crippen LogP contribution in [0.25, 0.3) is 0 Å². The van der Waals surface area contributed by atoms with E-state index in [9.17, 15) is 14.7 Å². The lowest BCUT2D eigenvalue weighted by Crippen LogP contribution is -2.50. The Bertz CT molecular complexity index is 1380. The Morgan fingerprint density at radius 3 is 2.50 bits per heavy atom. The molecule has 0 amide bonds. The van der Waals surface area contributed by atoms with Crippen LogP contribution in [0.4, 0.5) is 5.69 Å². The molecule has 2 heterocycles. The fourth-order valence-corrected chi connectivity index (χ4v) is 3.36. The minimum atomic E-state index is -0.661. The summed E-state index contributed by atoms with van der Waals surface area (Å²) in [4.78, 5) is 32.4. The van der Waals surface area contributed by atoms with E-state index in [0.29, 0.717) is 22.3 Å². The number of hydrogen-bond acceptors (Lipinski definition) is 8. The number of aromatic amines is 1. The number of aromatic nitrogens is 5. The predicted octanol–water partition coefficient (Wildman–Crippen LogP) is 1.91. The van der Waals surface area contributed by atoms with Crippen LogP contribution in [-0.2, 0) is 13.1 Å². The second kappa shape index (κ2) is 9.73. The van der Waals surface area contributed by atoms with E-state index < -0.39 is 11.4 Å². The maximum atomic E-state index is 13.0. The number of aliphatic hydroxyl groups is 1. The Hall–Kier alpha value is -3.54. The Kier molecular flexibility index (Phi) is 6.59. The van der Waals surface area contributed by atoms with Gasteiger partial charge in [0.05, 0.1) is 37.1 Å². The Labute approximate surface area is 190 Å². The van der Waals surface area contributed by atoms with Gasteiger partial charge in [0.1, 0.15) is 11.9 Å². The molecule has 0 spiro atoms. The van der Waals surface area contributed by atoms with Crippen molar-refractivity contribution in [2.45, 2.75) is 13.1 Å². The molecule has 10 nitrogen and oxygen atoms in total. The second-order valence-corrected chi connectivity index (χ2v) is 7.57. The molecular formula is C20H17ClN6O4S. The standard InChI is InChI=1S/C20H17ClN6O4S/c21-14-3-1-13(2-4-14)12-27-18(24-19(29)26(9-10-28)20(27)30)23-15-5-7-16(8-6-15)31-17-11-22-32-25-17/h1-8,11,28H,9-10,12H2,(H,23,24,29). The maximum absolute atomic E-state index is 13.0. The van der Waals surface area contributed by atoms with Gasteiger partial charge >= 0.3 is 11.4 Å². The molecule has 0 bridgehead atoms. The molecule has 2 aromatic heterocycles. The molecule has 4 aromatic rings. The number of nitrogens with zero attached hydrogens (tertiary/aromatic N) is 5. The molecule has 4 rings (SSSR count). The molecule has 164 valence electrons. The SMILES string of the molecule is O=c1[nH]/c(=N\c2ccc(Oc3cnsn3)cc2)n(Cc2ccc(Cl)cc2)c(=O)n1CCO. The minimum Gasteiger partial charge on any atom is -0.437 e. The molecule has 2 aromatic carbocycles. The van der Waals surface area contributed by atoms with E-state index in [4.69, 9.17) is 16.3 Å². The Morgan fingerprint density at radius 1 is 1.09 bits per heavy atom. The van der Waals surface area contributed by atoms with Crippen molar-refractivity contribution in [1.29, 1.82) is 0 Å². The number of H-pyrrole nitrogens is 1. The van der Waals surface area contributed by atoms with Gasteiger partial charge in [0.2, 0.25) is 5.62 Å². The minimum absolute atomic E-state index is 0.0708. The first kappa shape index (κ1) is 21.7. The average molecular weight is 473 g/mol. The summed E-state index contributed by atoms with van der Waals surface area (Å²) < 4.78 is 15.7. The molecule has 0 radical (unpaired) electrons. The van der Waals surface area contributed by atoms with Crippen molar-refractivity contribution in [1.82, 2.24) is 22.9 Å². The van der Waals surface area contributed by atoms with Crippen molar-refractivity contribution in [3.8, 4) is 11.6 Å². The zero-order chi connectivity index (χ0) is 22.5. The molecule has 12 heteroatoms. The molecule has 0 saturated heterocycles. The normalized spacial score (nSPS) is 11.6. The third-order valence-electron chi connectivity index (χ3n) is 4.39. The van der Waals surface area contributed by atoms with E-state index in [2.05, 4.69) is 18.7 Å². The molecule has 2 N–H and O–H groups in total. The highest BCUT2D eigenvalue weighted by Gasteiger charge is 2.10. The van der Waals surface area contributed by atoms with Crippen molar-refractivity contribution >= 4 is 29.0 Å². The highest BCUT2D eigenvalue weighted by Crippen LogP contribution is 2.22. The lowest BCUT2D eigenvalue weighted by atomic mass is 10.2. The van der Waals surface area contributed by atoms with Crippen LogP contribution in [0.5, 0.6) is 11.6 Å². The predicted molar refractivity (Wildman–Crippen MR) is 119 cm³/mol. The van der Waals surface area contributed by atoms with E-state index in [1.165, 1.54) is 10.8 Å². The first-order chi connectivity index (χ1) is 15.5.